The fourth-order valence-corrected chi connectivity index (χ4v) is 6.38. The Morgan fingerprint density at radius 3 is 2.41 bits per heavy atom. The Kier molecular flexibility index (Phi) is 4.76. The number of rotatable bonds is 3. The van der Waals surface area contributed by atoms with Gasteiger partial charge in [-0.2, -0.15) is 0 Å². The molecule has 0 unspecified atom stereocenters. The van der Waals surface area contributed by atoms with Crippen molar-refractivity contribution >= 4 is 11.8 Å². The first-order chi connectivity index (χ1) is 16.5. The van der Waals surface area contributed by atoms with Crippen LogP contribution in [0.1, 0.15) is 41.1 Å². The van der Waals surface area contributed by atoms with E-state index in [1.807, 2.05) is 85.5 Å². The molecule has 0 aliphatic carbocycles. The predicted octanol–water partition coefficient (Wildman–Crippen LogP) is 4.47. The van der Waals surface area contributed by atoms with Gasteiger partial charge in [0.15, 0.2) is 0 Å². The van der Waals surface area contributed by atoms with E-state index in [4.69, 9.17) is 4.74 Å². The first-order valence-electron chi connectivity index (χ1n) is 11.9. The minimum absolute atomic E-state index is 0.000606. The van der Waals surface area contributed by atoms with Crippen LogP contribution in [0, 0.1) is 12.8 Å². The molecule has 2 fully saturated rings. The molecular formula is C29H28N2O3. The van der Waals surface area contributed by atoms with E-state index in [1.165, 1.54) is 5.56 Å². The van der Waals surface area contributed by atoms with Crippen molar-refractivity contribution in [1.82, 2.24) is 9.80 Å². The molecule has 3 aromatic rings. The quantitative estimate of drug-likeness (QED) is 0.589. The Hall–Kier alpha value is -3.60. The molecule has 3 aliphatic heterocycles. The van der Waals surface area contributed by atoms with Gasteiger partial charge < -0.3 is 14.5 Å². The van der Waals surface area contributed by atoms with Gasteiger partial charge in [-0.05, 0) is 31.0 Å². The fourth-order valence-electron chi connectivity index (χ4n) is 6.38. The summed E-state index contributed by atoms with van der Waals surface area (Å²) < 4.78 is 6.18. The van der Waals surface area contributed by atoms with Crippen molar-refractivity contribution in [2.45, 2.75) is 37.9 Å². The van der Waals surface area contributed by atoms with Crippen LogP contribution >= 0.6 is 0 Å². The molecule has 0 saturated carbocycles. The van der Waals surface area contributed by atoms with Crippen molar-refractivity contribution < 1.29 is 14.3 Å². The summed E-state index contributed by atoms with van der Waals surface area (Å²) in [5.41, 5.74) is 3.28. The van der Waals surface area contributed by atoms with Gasteiger partial charge in [-0.25, -0.2) is 0 Å². The number of ether oxygens (including phenoxy) is 1. The van der Waals surface area contributed by atoms with E-state index >= 15 is 0 Å². The number of carbonyl (C=O) groups is 2. The highest BCUT2D eigenvalue weighted by Gasteiger charge is 2.66. The topological polar surface area (TPSA) is 49.9 Å². The number of aryl methyl sites for hydroxylation is 1. The summed E-state index contributed by atoms with van der Waals surface area (Å²) in [7, 11) is 0. The van der Waals surface area contributed by atoms with Gasteiger partial charge in [0.05, 0.1) is 12.6 Å². The van der Waals surface area contributed by atoms with Gasteiger partial charge >= 0.3 is 0 Å². The van der Waals surface area contributed by atoms with Crippen molar-refractivity contribution in [3.05, 3.63) is 101 Å². The van der Waals surface area contributed by atoms with Crippen molar-refractivity contribution in [3.8, 4) is 5.75 Å². The molecular weight excluding hydrogens is 424 g/mol. The van der Waals surface area contributed by atoms with E-state index < -0.39 is 5.54 Å². The lowest BCUT2D eigenvalue weighted by atomic mass is 9.73. The van der Waals surface area contributed by atoms with Crippen LogP contribution in [0.4, 0.5) is 0 Å². The van der Waals surface area contributed by atoms with E-state index in [2.05, 4.69) is 12.1 Å². The number of hydrogen-bond acceptors (Lipinski definition) is 3. The number of piperazine rings is 1. The number of amides is 2. The standard InChI is InChI=1S/C29H28N2O3/c1-19-12-14-20(15-13-19)16-30-17-25(32)31-27-22-10-6-7-11-24(22)34-18-23(27)26(29(31,2)28(30)33)21-8-4-3-5-9-21/h3-15,23,26-27H,16-18H2,1-2H3/t23-,26+,27+,29-/m1/s1. The highest BCUT2D eigenvalue weighted by Crippen LogP contribution is 2.59. The molecule has 172 valence electrons. The Labute approximate surface area is 199 Å². The summed E-state index contributed by atoms with van der Waals surface area (Å²) in [6.45, 7) is 5.01. The van der Waals surface area contributed by atoms with Gasteiger partial charge in [0, 0.05) is 23.9 Å². The third kappa shape index (κ3) is 2.99. The minimum atomic E-state index is -0.989. The van der Waals surface area contributed by atoms with Crippen LogP contribution in [0.25, 0.3) is 0 Å². The number of para-hydroxylation sites is 1. The molecule has 0 N–H and O–H groups in total. The first-order valence-corrected chi connectivity index (χ1v) is 11.9. The van der Waals surface area contributed by atoms with Crippen molar-refractivity contribution in [3.63, 3.8) is 0 Å². The average molecular weight is 453 g/mol. The van der Waals surface area contributed by atoms with Gasteiger partial charge in [-0.3, -0.25) is 9.59 Å². The van der Waals surface area contributed by atoms with E-state index in [0.717, 1.165) is 22.4 Å². The highest BCUT2D eigenvalue weighted by atomic mass is 16.5. The Morgan fingerprint density at radius 1 is 0.941 bits per heavy atom. The number of fused-ring (bicyclic) bond motifs is 5. The summed E-state index contributed by atoms with van der Waals surface area (Å²) in [6, 6.07) is 26.1. The number of carbonyl (C=O) groups excluding carboxylic acids is 2. The maximum absolute atomic E-state index is 14.3. The molecule has 0 aromatic heterocycles. The molecule has 3 aliphatic rings. The number of hydrogen-bond donors (Lipinski definition) is 0. The highest BCUT2D eigenvalue weighted by molar-refractivity contribution is 5.99. The van der Waals surface area contributed by atoms with E-state index in [9.17, 15) is 9.59 Å². The normalized spacial score (nSPS) is 27.6. The van der Waals surface area contributed by atoms with E-state index in [0.29, 0.717) is 13.2 Å². The molecule has 0 bridgehead atoms. The third-order valence-electron chi connectivity index (χ3n) is 7.85. The molecule has 0 radical (unpaired) electrons. The molecule has 6 rings (SSSR count). The van der Waals surface area contributed by atoms with Gasteiger partial charge in [0.1, 0.15) is 17.8 Å². The molecule has 0 spiro atoms. The second kappa shape index (κ2) is 7.73. The monoisotopic (exact) mass is 452 g/mol. The molecule has 2 saturated heterocycles. The summed E-state index contributed by atoms with van der Waals surface area (Å²) >= 11 is 0. The summed E-state index contributed by atoms with van der Waals surface area (Å²) in [6.07, 6.45) is 0. The van der Waals surface area contributed by atoms with Gasteiger partial charge in [-0.15, -0.1) is 0 Å². The van der Waals surface area contributed by atoms with E-state index in [-0.39, 0.29) is 36.2 Å². The Bertz CT molecular complexity index is 1260. The van der Waals surface area contributed by atoms with Crippen LogP contribution < -0.4 is 4.74 Å². The zero-order valence-corrected chi connectivity index (χ0v) is 19.5. The lowest BCUT2D eigenvalue weighted by Gasteiger charge is -2.47. The Balaban J connectivity index is 1.47. The molecule has 2 amide bonds. The van der Waals surface area contributed by atoms with Crippen molar-refractivity contribution in [2.75, 3.05) is 13.2 Å². The molecule has 3 aromatic carbocycles. The van der Waals surface area contributed by atoms with Gasteiger partial charge in [0.2, 0.25) is 11.8 Å². The SMILES string of the molecule is Cc1ccc(CN2CC(=O)N3[C@H]4c5ccccc5OC[C@@H]4[C@H](c4ccccc4)[C@]3(C)C2=O)cc1. The summed E-state index contributed by atoms with van der Waals surface area (Å²) in [4.78, 5) is 31.7. The molecule has 3 heterocycles. The fraction of sp³-hybridized carbons (Fsp3) is 0.310. The third-order valence-corrected chi connectivity index (χ3v) is 7.85. The lowest BCUT2D eigenvalue weighted by Crippen LogP contribution is -2.65. The van der Waals surface area contributed by atoms with Crippen LogP contribution in [0.3, 0.4) is 0 Å². The number of nitrogens with zero attached hydrogens (tertiary/aromatic N) is 2. The average Bonchev–Trinajstić information content (AvgIpc) is 3.14. The summed E-state index contributed by atoms with van der Waals surface area (Å²) in [5.74, 6) is 0.647. The second-order valence-electron chi connectivity index (χ2n) is 9.90. The molecule has 5 nitrogen and oxygen atoms in total. The van der Waals surface area contributed by atoms with Crippen molar-refractivity contribution in [2.24, 2.45) is 5.92 Å². The van der Waals surface area contributed by atoms with Crippen LogP contribution in [-0.4, -0.2) is 40.3 Å². The lowest BCUT2D eigenvalue weighted by molar-refractivity contribution is -0.164. The van der Waals surface area contributed by atoms with Crippen molar-refractivity contribution in [1.29, 1.82) is 0 Å². The van der Waals surface area contributed by atoms with Gasteiger partial charge in [-0.1, -0.05) is 78.4 Å². The molecule has 34 heavy (non-hydrogen) atoms. The minimum Gasteiger partial charge on any atom is -0.493 e. The first kappa shape index (κ1) is 21.0. The number of benzene rings is 3. The largest absolute Gasteiger partial charge is 0.493 e. The second-order valence-corrected chi connectivity index (χ2v) is 9.90. The molecule has 5 heteroatoms. The smallest absolute Gasteiger partial charge is 0.249 e. The zero-order chi connectivity index (χ0) is 23.4. The van der Waals surface area contributed by atoms with Crippen LogP contribution in [0.2, 0.25) is 0 Å². The van der Waals surface area contributed by atoms with E-state index in [1.54, 1.807) is 4.90 Å². The maximum Gasteiger partial charge on any atom is 0.249 e. The van der Waals surface area contributed by atoms with Crippen LogP contribution in [-0.2, 0) is 16.1 Å². The maximum atomic E-state index is 14.3. The Morgan fingerprint density at radius 2 is 1.65 bits per heavy atom. The van der Waals surface area contributed by atoms with Crippen LogP contribution in [0.15, 0.2) is 78.9 Å². The predicted molar refractivity (Wildman–Crippen MR) is 129 cm³/mol. The van der Waals surface area contributed by atoms with Gasteiger partial charge in [0.25, 0.3) is 0 Å². The zero-order valence-electron chi connectivity index (χ0n) is 19.5. The molecule has 4 atom stereocenters. The van der Waals surface area contributed by atoms with Crippen LogP contribution in [0.5, 0.6) is 5.75 Å². The summed E-state index contributed by atoms with van der Waals surface area (Å²) in [5, 5.41) is 0.